The van der Waals surface area contributed by atoms with Gasteiger partial charge in [0.05, 0.1) is 12.3 Å². The Balaban J connectivity index is 1.60. The van der Waals surface area contributed by atoms with Gasteiger partial charge in [0.25, 0.3) is 5.22 Å². The molecule has 0 spiro atoms. The standard InChI is InChI=1S/C14H20N4O2S/c15-8-12-16-17-14(20-12)21-9-13(19)18(11-6-7-11)10-4-2-1-3-5-10/h4,11H,1-3,5-9,15H2. The fourth-order valence-corrected chi connectivity index (χ4v) is 3.18. The van der Waals surface area contributed by atoms with Crippen molar-refractivity contribution in [2.45, 2.75) is 56.3 Å². The molecule has 2 aliphatic rings. The third-order valence-corrected chi connectivity index (χ3v) is 4.50. The van der Waals surface area contributed by atoms with Crippen molar-refractivity contribution in [2.24, 2.45) is 5.73 Å². The molecular formula is C14H20N4O2S. The molecule has 0 atom stereocenters. The van der Waals surface area contributed by atoms with Gasteiger partial charge < -0.3 is 15.1 Å². The average molecular weight is 308 g/mol. The quantitative estimate of drug-likeness (QED) is 0.810. The molecule has 1 fully saturated rings. The van der Waals surface area contributed by atoms with Gasteiger partial charge in [-0.15, -0.1) is 10.2 Å². The molecule has 2 aliphatic carbocycles. The van der Waals surface area contributed by atoms with Gasteiger partial charge in [-0.05, 0) is 38.5 Å². The maximum atomic E-state index is 12.5. The van der Waals surface area contributed by atoms with E-state index in [2.05, 4.69) is 16.3 Å². The Morgan fingerprint density at radius 2 is 2.29 bits per heavy atom. The number of nitrogens with zero attached hydrogens (tertiary/aromatic N) is 3. The van der Waals surface area contributed by atoms with Crippen LogP contribution in [0.1, 0.15) is 44.4 Å². The highest BCUT2D eigenvalue weighted by Crippen LogP contribution is 2.34. The smallest absolute Gasteiger partial charge is 0.277 e. The zero-order valence-electron chi connectivity index (χ0n) is 12.0. The van der Waals surface area contributed by atoms with Crippen molar-refractivity contribution in [1.29, 1.82) is 0 Å². The minimum absolute atomic E-state index is 0.142. The van der Waals surface area contributed by atoms with E-state index in [1.807, 2.05) is 4.90 Å². The molecule has 0 unspecified atom stereocenters. The van der Waals surface area contributed by atoms with Gasteiger partial charge in [-0.1, -0.05) is 17.8 Å². The lowest BCUT2D eigenvalue weighted by molar-refractivity contribution is -0.127. The minimum Gasteiger partial charge on any atom is -0.415 e. The van der Waals surface area contributed by atoms with E-state index in [1.165, 1.54) is 30.3 Å². The largest absolute Gasteiger partial charge is 0.415 e. The lowest BCUT2D eigenvalue weighted by Crippen LogP contribution is -2.34. The summed E-state index contributed by atoms with van der Waals surface area (Å²) in [5, 5.41) is 8.08. The molecule has 1 heterocycles. The van der Waals surface area contributed by atoms with Crippen molar-refractivity contribution < 1.29 is 9.21 Å². The molecule has 114 valence electrons. The van der Waals surface area contributed by atoms with E-state index in [-0.39, 0.29) is 12.5 Å². The maximum Gasteiger partial charge on any atom is 0.277 e. The Kier molecular flexibility index (Phi) is 4.60. The topological polar surface area (TPSA) is 85.2 Å². The molecule has 0 bridgehead atoms. The monoisotopic (exact) mass is 308 g/mol. The zero-order valence-corrected chi connectivity index (χ0v) is 12.8. The van der Waals surface area contributed by atoms with E-state index in [0.29, 0.717) is 22.9 Å². The Hall–Kier alpha value is -1.34. The second kappa shape index (κ2) is 6.62. The molecule has 0 aromatic carbocycles. The number of thioether (sulfide) groups is 1. The number of aromatic nitrogens is 2. The van der Waals surface area contributed by atoms with Crippen LogP contribution in [-0.2, 0) is 11.3 Å². The molecule has 1 aromatic heterocycles. The van der Waals surface area contributed by atoms with Crippen LogP contribution in [0.2, 0.25) is 0 Å². The summed E-state index contributed by atoms with van der Waals surface area (Å²) >= 11 is 1.29. The Morgan fingerprint density at radius 3 is 2.90 bits per heavy atom. The third-order valence-electron chi connectivity index (χ3n) is 3.70. The van der Waals surface area contributed by atoms with Crippen molar-refractivity contribution in [1.82, 2.24) is 15.1 Å². The van der Waals surface area contributed by atoms with Gasteiger partial charge in [-0.2, -0.15) is 0 Å². The van der Waals surface area contributed by atoms with Crippen LogP contribution < -0.4 is 5.73 Å². The lowest BCUT2D eigenvalue weighted by Gasteiger charge is -2.27. The van der Waals surface area contributed by atoms with E-state index in [4.69, 9.17) is 10.2 Å². The van der Waals surface area contributed by atoms with E-state index < -0.39 is 0 Å². The first-order chi connectivity index (χ1) is 10.3. The lowest BCUT2D eigenvalue weighted by atomic mass is 10.0. The van der Waals surface area contributed by atoms with Gasteiger partial charge in [0, 0.05) is 11.7 Å². The third kappa shape index (κ3) is 3.65. The van der Waals surface area contributed by atoms with Crippen molar-refractivity contribution >= 4 is 17.7 Å². The number of carbonyl (C=O) groups excluding carboxylic acids is 1. The molecule has 6 nitrogen and oxygen atoms in total. The van der Waals surface area contributed by atoms with Crippen molar-refractivity contribution in [3.63, 3.8) is 0 Å². The molecule has 2 N–H and O–H groups in total. The van der Waals surface area contributed by atoms with Crippen LogP contribution >= 0.6 is 11.8 Å². The molecule has 1 saturated carbocycles. The van der Waals surface area contributed by atoms with Crippen LogP contribution in [-0.4, -0.2) is 32.8 Å². The molecule has 0 saturated heterocycles. The van der Waals surface area contributed by atoms with E-state index in [0.717, 1.165) is 25.7 Å². The Bertz CT molecular complexity index is 539. The normalized spacial score (nSPS) is 18.4. The highest BCUT2D eigenvalue weighted by molar-refractivity contribution is 7.99. The van der Waals surface area contributed by atoms with Crippen molar-refractivity contribution in [3.8, 4) is 0 Å². The first kappa shape index (κ1) is 14.6. The number of amides is 1. The van der Waals surface area contributed by atoms with E-state index in [1.54, 1.807) is 0 Å². The summed E-state index contributed by atoms with van der Waals surface area (Å²) in [7, 11) is 0. The Morgan fingerprint density at radius 1 is 1.43 bits per heavy atom. The van der Waals surface area contributed by atoms with Crippen LogP contribution in [0.15, 0.2) is 21.4 Å². The van der Waals surface area contributed by atoms with E-state index in [9.17, 15) is 4.79 Å². The van der Waals surface area contributed by atoms with Crippen LogP contribution in [0.5, 0.6) is 0 Å². The fourth-order valence-electron chi connectivity index (χ4n) is 2.54. The molecule has 7 heteroatoms. The summed E-state index contributed by atoms with van der Waals surface area (Å²) in [5.74, 6) is 0.877. The number of hydrogen-bond acceptors (Lipinski definition) is 6. The summed E-state index contributed by atoms with van der Waals surface area (Å²) < 4.78 is 5.31. The summed E-state index contributed by atoms with van der Waals surface area (Å²) in [5.41, 5.74) is 6.64. The molecule has 1 amide bonds. The van der Waals surface area contributed by atoms with Gasteiger partial charge in [0.2, 0.25) is 11.8 Å². The minimum atomic E-state index is 0.142. The van der Waals surface area contributed by atoms with Gasteiger partial charge in [-0.3, -0.25) is 4.79 Å². The molecule has 0 radical (unpaired) electrons. The predicted octanol–water partition coefficient (Wildman–Crippen LogP) is 2.07. The first-order valence-electron chi connectivity index (χ1n) is 7.44. The fraction of sp³-hybridized carbons (Fsp3) is 0.643. The molecule has 1 aromatic rings. The number of nitrogens with two attached hydrogens (primary N) is 1. The number of carbonyl (C=O) groups is 1. The van der Waals surface area contributed by atoms with Crippen LogP contribution in [0.4, 0.5) is 0 Å². The molecule has 0 aliphatic heterocycles. The van der Waals surface area contributed by atoms with Crippen molar-refractivity contribution in [2.75, 3.05) is 5.75 Å². The highest BCUT2D eigenvalue weighted by atomic mass is 32.2. The summed E-state index contributed by atoms with van der Waals surface area (Å²) in [6, 6.07) is 0.407. The second-order valence-corrected chi connectivity index (χ2v) is 6.32. The maximum absolute atomic E-state index is 12.5. The van der Waals surface area contributed by atoms with Gasteiger partial charge >= 0.3 is 0 Å². The second-order valence-electron chi connectivity index (χ2n) is 5.39. The number of hydrogen-bond donors (Lipinski definition) is 1. The SMILES string of the molecule is NCc1nnc(SCC(=O)N(C2=CCCCC2)C2CC2)o1. The average Bonchev–Trinajstić information content (AvgIpc) is 3.23. The first-order valence-corrected chi connectivity index (χ1v) is 8.43. The summed E-state index contributed by atoms with van der Waals surface area (Å²) in [6.07, 6.45) is 8.97. The van der Waals surface area contributed by atoms with Crippen molar-refractivity contribution in [3.05, 3.63) is 17.7 Å². The molecular weight excluding hydrogens is 288 g/mol. The number of rotatable bonds is 6. The Labute approximate surface area is 128 Å². The van der Waals surface area contributed by atoms with Crippen LogP contribution in [0.3, 0.4) is 0 Å². The highest BCUT2D eigenvalue weighted by Gasteiger charge is 2.35. The zero-order chi connectivity index (χ0) is 14.7. The summed E-state index contributed by atoms with van der Waals surface area (Å²) in [4.78, 5) is 14.5. The molecule has 3 rings (SSSR count). The van der Waals surface area contributed by atoms with Crippen LogP contribution in [0.25, 0.3) is 0 Å². The van der Waals surface area contributed by atoms with Gasteiger partial charge in [0.15, 0.2) is 0 Å². The predicted molar refractivity (Wildman–Crippen MR) is 79.3 cm³/mol. The van der Waals surface area contributed by atoms with E-state index >= 15 is 0 Å². The number of allylic oxidation sites excluding steroid dienone is 2. The van der Waals surface area contributed by atoms with Gasteiger partial charge in [-0.25, -0.2) is 0 Å². The summed E-state index contributed by atoms with van der Waals surface area (Å²) in [6.45, 7) is 0.225. The molecule has 21 heavy (non-hydrogen) atoms. The van der Waals surface area contributed by atoms with Gasteiger partial charge in [0.1, 0.15) is 0 Å². The van der Waals surface area contributed by atoms with Crippen LogP contribution in [0, 0.1) is 0 Å².